The number of hydrogen-bond donors (Lipinski definition) is 1. The highest BCUT2D eigenvalue weighted by atomic mass is 32.1. The van der Waals surface area contributed by atoms with Gasteiger partial charge in [0.15, 0.2) is 12.0 Å². The van der Waals surface area contributed by atoms with Crippen LogP contribution in [0.3, 0.4) is 0 Å². The van der Waals surface area contributed by atoms with Gasteiger partial charge >= 0.3 is 0 Å². The van der Waals surface area contributed by atoms with Gasteiger partial charge in [-0.3, -0.25) is 4.79 Å². The lowest BCUT2D eigenvalue weighted by Gasteiger charge is -2.03. The molecule has 1 unspecified atom stereocenters. The van der Waals surface area contributed by atoms with Gasteiger partial charge in [0.2, 0.25) is 0 Å². The van der Waals surface area contributed by atoms with Crippen molar-refractivity contribution in [1.29, 1.82) is 0 Å². The van der Waals surface area contributed by atoms with Crippen LogP contribution in [0.1, 0.15) is 34.7 Å². The maximum absolute atomic E-state index is 10.4. The highest BCUT2D eigenvalue weighted by Crippen LogP contribution is 2.26. The molecule has 2 nitrogen and oxygen atoms in total. The highest BCUT2D eigenvalue weighted by molar-refractivity contribution is 7.80. The Hall–Kier alpha value is -0.700. The van der Waals surface area contributed by atoms with Crippen LogP contribution in [0.2, 0.25) is 0 Å². The number of carbonyl (C=O) groups is 1. The van der Waals surface area contributed by atoms with Gasteiger partial charge < -0.3 is 4.42 Å². The van der Waals surface area contributed by atoms with E-state index in [1.165, 1.54) is 6.26 Å². The first-order valence-corrected chi connectivity index (χ1v) is 4.01. The van der Waals surface area contributed by atoms with Crippen LogP contribution in [0.5, 0.6) is 0 Å². The molecule has 1 aromatic rings. The van der Waals surface area contributed by atoms with Crippen LogP contribution in [0.15, 0.2) is 16.7 Å². The summed E-state index contributed by atoms with van der Waals surface area (Å²) in [5.41, 5.74) is 0.880. The molecule has 0 saturated heterocycles. The van der Waals surface area contributed by atoms with Crippen molar-refractivity contribution in [3.8, 4) is 0 Å². The first-order chi connectivity index (χ1) is 5.29. The second-order valence-corrected chi connectivity index (χ2v) is 2.91. The van der Waals surface area contributed by atoms with Gasteiger partial charge in [-0.15, -0.1) is 0 Å². The number of furan rings is 1. The molecule has 0 radical (unpaired) electrons. The summed E-state index contributed by atoms with van der Waals surface area (Å²) < 4.78 is 4.92. The number of aldehydes is 1. The minimum absolute atomic E-state index is 0.106. The fraction of sp³-hybridized carbons (Fsp3) is 0.375. The maximum Gasteiger partial charge on any atom is 0.185 e. The molecule has 0 saturated carbocycles. The Labute approximate surface area is 71.0 Å². The Morgan fingerprint density at radius 3 is 3.09 bits per heavy atom. The van der Waals surface area contributed by atoms with E-state index in [1.807, 2.05) is 6.92 Å². The molecule has 11 heavy (non-hydrogen) atoms. The number of thiol groups is 1. The van der Waals surface area contributed by atoms with Gasteiger partial charge in [-0.25, -0.2) is 0 Å². The van der Waals surface area contributed by atoms with E-state index in [0.29, 0.717) is 12.0 Å². The van der Waals surface area contributed by atoms with E-state index >= 15 is 0 Å². The van der Waals surface area contributed by atoms with Crippen LogP contribution >= 0.6 is 12.6 Å². The normalized spacial score (nSPS) is 12.9. The van der Waals surface area contributed by atoms with Crippen molar-refractivity contribution in [2.24, 2.45) is 0 Å². The molecular weight excluding hydrogens is 160 g/mol. The monoisotopic (exact) mass is 170 g/mol. The average molecular weight is 170 g/mol. The van der Waals surface area contributed by atoms with E-state index < -0.39 is 0 Å². The molecule has 0 amide bonds. The second kappa shape index (κ2) is 3.62. The van der Waals surface area contributed by atoms with Crippen molar-refractivity contribution in [2.45, 2.75) is 18.6 Å². The topological polar surface area (TPSA) is 30.2 Å². The Morgan fingerprint density at radius 1 is 1.82 bits per heavy atom. The third-order valence-corrected chi connectivity index (χ3v) is 2.22. The molecule has 3 heteroatoms. The maximum atomic E-state index is 10.4. The summed E-state index contributed by atoms with van der Waals surface area (Å²) in [6, 6.07) is 1.78. The van der Waals surface area contributed by atoms with Crippen molar-refractivity contribution in [3.63, 3.8) is 0 Å². The highest BCUT2D eigenvalue weighted by Gasteiger charge is 2.11. The van der Waals surface area contributed by atoms with Crippen LogP contribution in [0, 0.1) is 0 Å². The molecule has 0 aromatic carbocycles. The van der Waals surface area contributed by atoms with E-state index in [1.54, 1.807) is 6.07 Å². The molecule has 1 aromatic heterocycles. The molecule has 0 N–H and O–H groups in total. The predicted molar refractivity (Wildman–Crippen MR) is 46.1 cm³/mol. The fourth-order valence-electron chi connectivity index (χ4n) is 0.922. The predicted octanol–water partition coefficient (Wildman–Crippen LogP) is 2.47. The summed E-state index contributed by atoms with van der Waals surface area (Å²) in [5.74, 6) is 0.395. The second-order valence-electron chi connectivity index (χ2n) is 2.28. The summed E-state index contributed by atoms with van der Waals surface area (Å²) in [7, 11) is 0. The molecule has 1 heterocycles. The van der Waals surface area contributed by atoms with Gasteiger partial charge in [-0.05, 0) is 12.5 Å². The Bertz CT molecular complexity index is 242. The zero-order valence-electron chi connectivity index (χ0n) is 6.28. The first-order valence-electron chi connectivity index (χ1n) is 3.50. The molecule has 0 fully saturated rings. The number of carbonyl (C=O) groups excluding carboxylic acids is 1. The minimum Gasteiger partial charge on any atom is -0.461 e. The van der Waals surface area contributed by atoms with Crippen molar-refractivity contribution in [2.75, 3.05) is 0 Å². The smallest absolute Gasteiger partial charge is 0.185 e. The van der Waals surface area contributed by atoms with Crippen molar-refractivity contribution in [1.82, 2.24) is 0 Å². The van der Waals surface area contributed by atoms with E-state index in [0.717, 1.165) is 12.0 Å². The lowest BCUT2D eigenvalue weighted by molar-refractivity contribution is 0.109. The average Bonchev–Trinajstić information content (AvgIpc) is 2.50. The van der Waals surface area contributed by atoms with Crippen LogP contribution in [0.25, 0.3) is 0 Å². The van der Waals surface area contributed by atoms with Gasteiger partial charge in [-0.2, -0.15) is 12.6 Å². The third kappa shape index (κ3) is 1.66. The van der Waals surface area contributed by atoms with Gasteiger partial charge in [0.25, 0.3) is 0 Å². The number of rotatable bonds is 3. The SMILES string of the molecule is CCC(S)c1ccoc1C=O. The van der Waals surface area contributed by atoms with Crippen LogP contribution in [0.4, 0.5) is 0 Å². The summed E-state index contributed by atoms with van der Waals surface area (Å²) in [5, 5.41) is 0.106. The Balaban J connectivity index is 2.92. The zero-order valence-corrected chi connectivity index (χ0v) is 7.17. The van der Waals surface area contributed by atoms with Crippen LogP contribution in [-0.2, 0) is 0 Å². The summed E-state index contributed by atoms with van der Waals surface area (Å²) in [4.78, 5) is 10.4. The van der Waals surface area contributed by atoms with E-state index in [-0.39, 0.29) is 5.25 Å². The summed E-state index contributed by atoms with van der Waals surface area (Å²) in [6.45, 7) is 2.01. The van der Waals surface area contributed by atoms with Crippen molar-refractivity contribution in [3.05, 3.63) is 23.7 Å². The van der Waals surface area contributed by atoms with E-state index in [4.69, 9.17) is 4.42 Å². The molecule has 0 spiro atoms. The molecule has 0 aliphatic rings. The van der Waals surface area contributed by atoms with Crippen LogP contribution in [-0.4, -0.2) is 6.29 Å². The molecular formula is C8H10O2S. The fourth-order valence-corrected chi connectivity index (χ4v) is 1.14. The molecule has 1 rings (SSSR count). The zero-order chi connectivity index (χ0) is 8.27. The van der Waals surface area contributed by atoms with Gasteiger partial charge in [0, 0.05) is 10.8 Å². The summed E-state index contributed by atoms with van der Waals surface area (Å²) in [6.07, 6.45) is 3.12. The van der Waals surface area contributed by atoms with E-state index in [9.17, 15) is 4.79 Å². The van der Waals surface area contributed by atoms with Gasteiger partial charge in [0.05, 0.1) is 6.26 Å². The Kier molecular flexibility index (Phi) is 2.76. The van der Waals surface area contributed by atoms with Crippen molar-refractivity contribution < 1.29 is 9.21 Å². The standard InChI is InChI=1S/C8H10O2S/c1-2-8(11)6-3-4-10-7(6)5-9/h3-5,8,11H,2H2,1H3. The first kappa shape index (κ1) is 8.40. The quantitative estimate of drug-likeness (QED) is 0.558. The third-order valence-electron chi connectivity index (χ3n) is 1.58. The minimum atomic E-state index is 0.106. The summed E-state index contributed by atoms with van der Waals surface area (Å²) >= 11 is 4.29. The van der Waals surface area contributed by atoms with E-state index in [2.05, 4.69) is 12.6 Å². The van der Waals surface area contributed by atoms with Crippen LogP contribution < -0.4 is 0 Å². The molecule has 1 atom stereocenters. The van der Waals surface area contributed by atoms with Gasteiger partial charge in [0.1, 0.15) is 0 Å². The largest absolute Gasteiger partial charge is 0.461 e. The molecule has 0 bridgehead atoms. The lowest BCUT2D eigenvalue weighted by atomic mass is 10.1. The van der Waals surface area contributed by atoms with Crippen molar-refractivity contribution >= 4 is 18.9 Å². The van der Waals surface area contributed by atoms with Gasteiger partial charge in [-0.1, -0.05) is 6.92 Å². The molecule has 0 aliphatic carbocycles. The molecule has 60 valence electrons. The number of hydrogen-bond acceptors (Lipinski definition) is 3. The lowest BCUT2D eigenvalue weighted by Crippen LogP contribution is -1.90. The Morgan fingerprint density at radius 2 is 2.55 bits per heavy atom. The molecule has 0 aliphatic heterocycles.